The molecule has 0 bridgehead atoms. The lowest BCUT2D eigenvalue weighted by Crippen LogP contribution is -2.45. The molecule has 0 aromatic heterocycles. The van der Waals surface area contributed by atoms with Gasteiger partial charge in [0.2, 0.25) is 0 Å². The molecule has 122 valence electrons. The molecule has 0 fully saturated rings. The van der Waals surface area contributed by atoms with Crippen molar-refractivity contribution < 1.29 is 0 Å². The monoisotopic (exact) mass is 286 g/mol. The summed E-state index contributed by atoms with van der Waals surface area (Å²) in [6.07, 6.45) is 0. The van der Waals surface area contributed by atoms with Crippen LogP contribution in [0.2, 0.25) is 0 Å². The minimum Gasteiger partial charge on any atom is -0.313 e. The average molecular weight is 287 g/mol. The second-order valence-corrected chi connectivity index (χ2v) is 7.24. The lowest BCUT2D eigenvalue weighted by Gasteiger charge is -2.27. The first-order valence-electron chi connectivity index (χ1n) is 8.15. The molecule has 0 spiro atoms. The van der Waals surface area contributed by atoms with E-state index in [-0.39, 0.29) is 5.54 Å². The zero-order chi connectivity index (χ0) is 15.6. The van der Waals surface area contributed by atoms with Crippen LogP contribution in [0.3, 0.4) is 0 Å². The van der Waals surface area contributed by atoms with Crippen LogP contribution in [0.15, 0.2) is 0 Å². The Morgan fingerprint density at radius 3 is 1.50 bits per heavy atom. The van der Waals surface area contributed by atoms with Crippen molar-refractivity contribution in [1.82, 2.24) is 20.9 Å². The average Bonchev–Trinajstić information content (AvgIpc) is 2.25. The van der Waals surface area contributed by atoms with Crippen LogP contribution in [0, 0.1) is 0 Å². The molecule has 4 heteroatoms. The quantitative estimate of drug-likeness (QED) is 0.540. The Hall–Kier alpha value is -0.160. The Kier molecular flexibility index (Phi) is 10.5. The lowest BCUT2D eigenvalue weighted by atomic mass is 10.1. The molecule has 0 unspecified atom stereocenters. The van der Waals surface area contributed by atoms with Crippen LogP contribution in [0.25, 0.3) is 0 Å². The summed E-state index contributed by atoms with van der Waals surface area (Å²) in [5.41, 5.74) is 0.206. The Bertz CT molecular complexity index is 207. The van der Waals surface area contributed by atoms with Gasteiger partial charge in [-0.2, -0.15) is 0 Å². The number of hydrogen-bond acceptors (Lipinski definition) is 4. The van der Waals surface area contributed by atoms with Crippen molar-refractivity contribution in [2.45, 2.75) is 66.1 Å². The molecule has 0 radical (unpaired) electrons. The molecule has 0 aromatic rings. The van der Waals surface area contributed by atoms with E-state index in [1.54, 1.807) is 0 Å². The van der Waals surface area contributed by atoms with Crippen molar-refractivity contribution in [2.75, 3.05) is 39.3 Å². The first-order chi connectivity index (χ1) is 9.20. The van der Waals surface area contributed by atoms with Crippen LogP contribution in [0.4, 0.5) is 0 Å². The molecule has 0 aliphatic carbocycles. The van der Waals surface area contributed by atoms with Gasteiger partial charge in [0.25, 0.3) is 0 Å². The zero-order valence-corrected chi connectivity index (χ0v) is 14.8. The molecule has 20 heavy (non-hydrogen) atoms. The smallest absolute Gasteiger partial charge is 0.0108 e. The normalized spacial score (nSPS) is 12.9. The lowest BCUT2D eigenvalue weighted by molar-refractivity contribution is 0.256. The summed E-state index contributed by atoms with van der Waals surface area (Å²) >= 11 is 0. The van der Waals surface area contributed by atoms with E-state index in [0.29, 0.717) is 12.1 Å². The molecule has 0 heterocycles. The van der Waals surface area contributed by atoms with Crippen molar-refractivity contribution in [1.29, 1.82) is 0 Å². The van der Waals surface area contributed by atoms with Crippen LogP contribution >= 0.6 is 0 Å². The van der Waals surface area contributed by atoms with E-state index in [2.05, 4.69) is 69.3 Å². The third-order valence-corrected chi connectivity index (χ3v) is 3.04. The van der Waals surface area contributed by atoms with Gasteiger partial charge < -0.3 is 16.0 Å². The number of nitrogens with one attached hydrogen (secondary N) is 3. The topological polar surface area (TPSA) is 39.3 Å². The maximum Gasteiger partial charge on any atom is 0.0108 e. The molecule has 0 atom stereocenters. The minimum absolute atomic E-state index is 0.206. The zero-order valence-electron chi connectivity index (χ0n) is 14.8. The Morgan fingerprint density at radius 2 is 1.15 bits per heavy atom. The van der Waals surface area contributed by atoms with Gasteiger partial charge >= 0.3 is 0 Å². The van der Waals surface area contributed by atoms with Gasteiger partial charge in [-0.1, -0.05) is 27.7 Å². The van der Waals surface area contributed by atoms with Crippen LogP contribution in [0.5, 0.6) is 0 Å². The maximum absolute atomic E-state index is 3.57. The molecule has 3 N–H and O–H groups in total. The van der Waals surface area contributed by atoms with Gasteiger partial charge in [-0.25, -0.2) is 0 Å². The van der Waals surface area contributed by atoms with Gasteiger partial charge in [-0.05, 0) is 20.8 Å². The number of rotatable bonds is 11. The predicted octanol–water partition coefficient (Wildman–Crippen LogP) is 1.67. The van der Waals surface area contributed by atoms with E-state index in [9.17, 15) is 0 Å². The van der Waals surface area contributed by atoms with E-state index in [4.69, 9.17) is 0 Å². The Morgan fingerprint density at radius 1 is 0.750 bits per heavy atom. The summed E-state index contributed by atoms with van der Waals surface area (Å²) in [5, 5.41) is 10.6. The van der Waals surface area contributed by atoms with Gasteiger partial charge in [-0.15, -0.1) is 0 Å². The highest BCUT2D eigenvalue weighted by Gasteiger charge is 2.10. The predicted molar refractivity (Wildman–Crippen MR) is 90.5 cm³/mol. The fourth-order valence-electron chi connectivity index (χ4n) is 1.95. The van der Waals surface area contributed by atoms with Crippen molar-refractivity contribution in [3.05, 3.63) is 0 Å². The third-order valence-electron chi connectivity index (χ3n) is 3.04. The van der Waals surface area contributed by atoms with Crippen LogP contribution in [0.1, 0.15) is 48.5 Å². The number of hydrogen-bond donors (Lipinski definition) is 3. The highest BCUT2D eigenvalue weighted by Crippen LogP contribution is 1.97. The molecule has 0 aliphatic rings. The molecule has 0 aromatic carbocycles. The van der Waals surface area contributed by atoms with Crippen molar-refractivity contribution >= 4 is 0 Å². The summed E-state index contributed by atoms with van der Waals surface area (Å²) in [6.45, 7) is 22.0. The van der Waals surface area contributed by atoms with Gasteiger partial charge in [0.05, 0.1) is 0 Å². The molecule has 0 saturated carbocycles. The van der Waals surface area contributed by atoms with Gasteiger partial charge in [0.1, 0.15) is 0 Å². The summed E-state index contributed by atoms with van der Waals surface area (Å²) in [5.74, 6) is 0. The SMILES string of the molecule is CC(C)NCCN(CCNC(C)C)CCNC(C)(C)C. The number of nitrogens with zero attached hydrogens (tertiary/aromatic N) is 1. The summed E-state index contributed by atoms with van der Waals surface area (Å²) in [6, 6.07) is 1.14. The van der Waals surface area contributed by atoms with Gasteiger partial charge in [-0.3, -0.25) is 4.90 Å². The van der Waals surface area contributed by atoms with E-state index < -0.39 is 0 Å². The fourth-order valence-corrected chi connectivity index (χ4v) is 1.95. The van der Waals surface area contributed by atoms with E-state index in [1.165, 1.54) is 0 Å². The van der Waals surface area contributed by atoms with Crippen LogP contribution in [-0.4, -0.2) is 61.8 Å². The summed E-state index contributed by atoms with van der Waals surface area (Å²) in [7, 11) is 0. The molecule has 0 saturated heterocycles. The molecule has 4 nitrogen and oxygen atoms in total. The van der Waals surface area contributed by atoms with Gasteiger partial charge in [0, 0.05) is 56.9 Å². The first kappa shape index (κ1) is 19.8. The second-order valence-electron chi connectivity index (χ2n) is 7.24. The van der Waals surface area contributed by atoms with Crippen LogP contribution in [-0.2, 0) is 0 Å². The molecular formula is C16H38N4. The van der Waals surface area contributed by atoms with E-state index >= 15 is 0 Å². The largest absolute Gasteiger partial charge is 0.313 e. The summed E-state index contributed by atoms with van der Waals surface area (Å²) < 4.78 is 0. The molecule has 0 rings (SSSR count). The van der Waals surface area contributed by atoms with Crippen molar-refractivity contribution in [3.63, 3.8) is 0 Å². The van der Waals surface area contributed by atoms with Gasteiger partial charge in [0.15, 0.2) is 0 Å². The Labute approximate surface area is 127 Å². The first-order valence-corrected chi connectivity index (χ1v) is 8.15. The van der Waals surface area contributed by atoms with Crippen molar-refractivity contribution in [2.24, 2.45) is 0 Å². The van der Waals surface area contributed by atoms with E-state index in [1.807, 2.05) is 0 Å². The fraction of sp³-hybridized carbons (Fsp3) is 1.00. The maximum atomic E-state index is 3.57. The minimum atomic E-state index is 0.206. The molecule has 0 amide bonds. The standard InChI is InChI=1S/C16H38N4/c1-14(2)17-8-11-20(12-9-18-15(3)4)13-10-19-16(5,6)7/h14-15,17-19H,8-13H2,1-7H3. The Balaban J connectivity index is 3.97. The second kappa shape index (κ2) is 10.6. The molecule has 0 aliphatic heterocycles. The highest BCUT2D eigenvalue weighted by atomic mass is 15.2. The third kappa shape index (κ3) is 14.3. The summed E-state index contributed by atoms with van der Waals surface area (Å²) in [4.78, 5) is 2.53. The highest BCUT2D eigenvalue weighted by molar-refractivity contribution is 4.72. The van der Waals surface area contributed by atoms with E-state index in [0.717, 1.165) is 39.3 Å². The molecular weight excluding hydrogens is 248 g/mol. The van der Waals surface area contributed by atoms with Crippen molar-refractivity contribution in [3.8, 4) is 0 Å². The van der Waals surface area contributed by atoms with Crippen LogP contribution < -0.4 is 16.0 Å².